The molecular formula is C31H44BBrO2. The number of rotatable bonds is 15. The van der Waals surface area contributed by atoms with Crippen molar-refractivity contribution in [1.29, 1.82) is 0 Å². The van der Waals surface area contributed by atoms with Gasteiger partial charge in [-0.2, -0.15) is 0 Å². The molecule has 0 atom stereocenters. The van der Waals surface area contributed by atoms with Gasteiger partial charge in [0.1, 0.15) is 0 Å². The van der Waals surface area contributed by atoms with E-state index in [0.29, 0.717) is 13.2 Å². The summed E-state index contributed by atoms with van der Waals surface area (Å²) < 4.78 is 13.0. The molecule has 0 aromatic heterocycles. The summed E-state index contributed by atoms with van der Waals surface area (Å²) in [5.74, 6) is 0. The molecule has 0 bridgehead atoms. The van der Waals surface area contributed by atoms with E-state index in [1.54, 1.807) is 0 Å². The van der Waals surface area contributed by atoms with Gasteiger partial charge >= 0.3 is 7.12 Å². The standard InChI is InChI=1S/C31H44BBrO2/c1-3-5-7-9-11-13-19-31(20-14-12-10-8-6-4-2)29-23-25(32-34-21-22-35-32)15-17-27(29)28-18-16-26(33)24-30(28)31/h15-18,23-24H,3-14,19-22H2,1-2H3. The van der Waals surface area contributed by atoms with Gasteiger partial charge in [-0.25, -0.2) is 0 Å². The average Bonchev–Trinajstić information content (AvgIpc) is 3.49. The van der Waals surface area contributed by atoms with Gasteiger partial charge in [-0.15, -0.1) is 0 Å². The van der Waals surface area contributed by atoms with Gasteiger partial charge in [-0.05, 0) is 52.7 Å². The lowest BCUT2D eigenvalue weighted by Crippen LogP contribution is -2.34. The zero-order chi connectivity index (χ0) is 24.5. The molecule has 0 radical (unpaired) electrons. The zero-order valence-electron chi connectivity index (χ0n) is 22.0. The second-order valence-electron chi connectivity index (χ2n) is 10.7. The van der Waals surface area contributed by atoms with E-state index in [1.165, 1.54) is 122 Å². The third-order valence-electron chi connectivity index (χ3n) is 8.15. The first-order chi connectivity index (χ1) is 17.2. The van der Waals surface area contributed by atoms with Crippen molar-refractivity contribution in [3.8, 4) is 11.1 Å². The van der Waals surface area contributed by atoms with E-state index in [9.17, 15) is 0 Å². The van der Waals surface area contributed by atoms with Crippen LogP contribution in [0.1, 0.15) is 115 Å². The molecule has 0 amide bonds. The minimum Gasteiger partial charge on any atom is -0.405 e. The summed E-state index contributed by atoms with van der Waals surface area (Å²) in [6, 6.07) is 14.0. The van der Waals surface area contributed by atoms with Gasteiger partial charge in [0.05, 0.1) is 13.2 Å². The quantitative estimate of drug-likeness (QED) is 0.166. The van der Waals surface area contributed by atoms with Crippen LogP contribution in [0.25, 0.3) is 11.1 Å². The van der Waals surface area contributed by atoms with Gasteiger partial charge in [0, 0.05) is 9.89 Å². The topological polar surface area (TPSA) is 18.5 Å². The van der Waals surface area contributed by atoms with Crippen molar-refractivity contribution in [2.45, 2.75) is 109 Å². The first kappa shape index (κ1) is 27.0. The molecule has 0 spiro atoms. The Morgan fingerprint density at radius 2 is 1.20 bits per heavy atom. The van der Waals surface area contributed by atoms with E-state index >= 15 is 0 Å². The Labute approximate surface area is 222 Å². The summed E-state index contributed by atoms with van der Waals surface area (Å²) in [4.78, 5) is 0. The lowest BCUT2D eigenvalue weighted by molar-refractivity contribution is 0.365. The van der Waals surface area contributed by atoms with Crippen LogP contribution in [-0.2, 0) is 14.7 Å². The molecular weight excluding hydrogens is 495 g/mol. The molecule has 190 valence electrons. The van der Waals surface area contributed by atoms with Crippen LogP contribution in [0.5, 0.6) is 0 Å². The van der Waals surface area contributed by atoms with Crippen molar-refractivity contribution in [1.82, 2.24) is 0 Å². The maximum absolute atomic E-state index is 5.91. The van der Waals surface area contributed by atoms with Gasteiger partial charge in [0.2, 0.25) is 0 Å². The molecule has 2 aliphatic rings. The van der Waals surface area contributed by atoms with Crippen LogP contribution in [0.3, 0.4) is 0 Å². The highest BCUT2D eigenvalue weighted by Crippen LogP contribution is 2.54. The highest BCUT2D eigenvalue weighted by molar-refractivity contribution is 9.10. The zero-order valence-corrected chi connectivity index (χ0v) is 23.6. The lowest BCUT2D eigenvalue weighted by atomic mass is 9.68. The molecule has 0 N–H and O–H groups in total. The molecule has 35 heavy (non-hydrogen) atoms. The Morgan fingerprint density at radius 3 is 1.80 bits per heavy atom. The molecule has 1 heterocycles. The van der Waals surface area contributed by atoms with E-state index in [4.69, 9.17) is 9.31 Å². The summed E-state index contributed by atoms with van der Waals surface area (Å²) in [5, 5.41) is 0. The van der Waals surface area contributed by atoms with Crippen LogP contribution >= 0.6 is 15.9 Å². The van der Waals surface area contributed by atoms with Gasteiger partial charge in [-0.1, -0.05) is 131 Å². The Morgan fingerprint density at radius 1 is 0.686 bits per heavy atom. The fourth-order valence-corrected chi connectivity index (χ4v) is 6.62. The molecule has 1 aliphatic carbocycles. The fraction of sp³-hybridized carbons (Fsp3) is 0.613. The van der Waals surface area contributed by atoms with Gasteiger partial charge < -0.3 is 9.31 Å². The minimum atomic E-state index is -0.212. The fourth-order valence-electron chi connectivity index (χ4n) is 6.26. The number of halogens is 1. The number of hydrogen-bond donors (Lipinski definition) is 0. The monoisotopic (exact) mass is 538 g/mol. The summed E-state index contributed by atoms with van der Waals surface area (Å²) in [6.07, 6.45) is 18.6. The van der Waals surface area contributed by atoms with E-state index in [2.05, 4.69) is 66.2 Å². The van der Waals surface area contributed by atoms with Gasteiger partial charge in [-0.3, -0.25) is 0 Å². The predicted octanol–water partition coefficient (Wildman–Crippen LogP) is 8.96. The highest BCUT2D eigenvalue weighted by atomic mass is 79.9. The van der Waals surface area contributed by atoms with Gasteiger partial charge in [0.15, 0.2) is 0 Å². The van der Waals surface area contributed by atoms with Crippen molar-refractivity contribution in [3.05, 3.63) is 52.0 Å². The Bertz CT molecular complexity index is 922. The number of benzene rings is 2. The number of fused-ring (bicyclic) bond motifs is 3. The summed E-state index contributed by atoms with van der Waals surface area (Å²) >= 11 is 3.81. The van der Waals surface area contributed by atoms with Crippen molar-refractivity contribution in [2.24, 2.45) is 0 Å². The largest absolute Gasteiger partial charge is 0.494 e. The summed E-state index contributed by atoms with van der Waals surface area (Å²) in [6.45, 7) is 5.98. The molecule has 2 aromatic carbocycles. The molecule has 0 saturated carbocycles. The number of hydrogen-bond acceptors (Lipinski definition) is 2. The van der Waals surface area contributed by atoms with Gasteiger partial charge in [0.25, 0.3) is 0 Å². The second kappa shape index (κ2) is 13.4. The molecule has 4 rings (SSSR count). The summed E-state index contributed by atoms with van der Waals surface area (Å²) in [7, 11) is -0.212. The smallest absolute Gasteiger partial charge is 0.405 e. The maximum Gasteiger partial charge on any atom is 0.494 e. The minimum absolute atomic E-state index is 0.0958. The maximum atomic E-state index is 5.91. The first-order valence-electron chi connectivity index (χ1n) is 14.4. The molecule has 1 fully saturated rings. The van der Waals surface area contributed by atoms with Crippen molar-refractivity contribution in [2.75, 3.05) is 13.2 Å². The highest BCUT2D eigenvalue weighted by Gasteiger charge is 2.43. The van der Waals surface area contributed by atoms with Crippen molar-refractivity contribution < 1.29 is 9.31 Å². The average molecular weight is 539 g/mol. The van der Waals surface area contributed by atoms with E-state index in [-0.39, 0.29) is 12.5 Å². The van der Waals surface area contributed by atoms with E-state index in [1.807, 2.05) is 0 Å². The third-order valence-corrected chi connectivity index (χ3v) is 8.65. The first-order valence-corrected chi connectivity index (χ1v) is 15.2. The Hall–Kier alpha value is -1.10. The van der Waals surface area contributed by atoms with Crippen molar-refractivity contribution >= 4 is 28.5 Å². The molecule has 2 aromatic rings. The van der Waals surface area contributed by atoms with Crippen molar-refractivity contribution in [3.63, 3.8) is 0 Å². The normalized spacial score (nSPS) is 16.0. The molecule has 4 heteroatoms. The summed E-state index contributed by atoms with van der Waals surface area (Å²) in [5.41, 5.74) is 7.19. The molecule has 2 nitrogen and oxygen atoms in total. The van der Waals surface area contributed by atoms with Crippen LogP contribution in [0.15, 0.2) is 40.9 Å². The Kier molecular flexibility index (Phi) is 10.4. The van der Waals surface area contributed by atoms with Crippen LogP contribution in [0.2, 0.25) is 0 Å². The lowest BCUT2D eigenvalue weighted by Gasteiger charge is -2.33. The van der Waals surface area contributed by atoms with Crippen LogP contribution < -0.4 is 5.46 Å². The van der Waals surface area contributed by atoms with Crippen LogP contribution in [0.4, 0.5) is 0 Å². The molecule has 1 saturated heterocycles. The SMILES string of the molecule is CCCCCCCCC1(CCCCCCCC)c2cc(Br)ccc2-c2ccc(B3OCCO3)cc21. The van der Waals surface area contributed by atoms with E-state index < -0.39 is 0 Å². The van der Waals surface area contributed by atoms with Crippen LogP contribution in [0, 0.1) is 0 Å². The third kappa shape index (κ3) is 6.43. The Balaban J connectivity index is 1.63. The number of unbranched alkanes of at least 4 members (excludes halogenated alkanes) is 10. The van der Waals surface area contributed by atoms with Crippen LogP contribution in [-0.4, -0.2) is 20.3 Å². The molecule has 0 unspecified atom stereocenters. The molecule has 1 aliphatic heterocycles. The second-order valence-corrected chi connectivity index (χ2v) is 11.6. The predicted molar refractivity (Wildman–Crippen MR) is 154 cm³/mol. The van der Waals surface area contributed by atoms with E-state index in [0.717, 1.165) is 0 Å².